The van der Waals surface area contributed by atoms with E-state index in [4.69, 9.17) is 0 Å². The monoisotopic (exact) mass is 255 g/mol. The van der Waals surface area contributed by atoms with Crippen molar-refractivity contribution >= 4 is 16.8 Å². The van der Waals surface area contributed by atoms with Crippen molar-refractivity contribution in [3.63, 3.8) is 0 Å². The van der Waals surface area contributed by atoms with Crippen LogP contribution in [-0.2, 0) is 0 Å². The first-order valence-electron chi connectivity index (χ1n) is 6.56. The molecule has 2 aromatic rings. The molecule has 1 unspecified atom stereocenters. The van der Waals surface area contributed by atoms with Gasteiger partial charge in [0.25, 0.3) is 5.91 Å². The minimum Gasteiger partial charge on any atom is -0.348 e. The van der Waals surface area contributed by atoms with E-state index in [2.05, 4.69) is 22.2 Å². The quantitative estimate of drug-likeness (QED) is 0.888. The summed E-state index contributed by atoms with van der Waals surface area (Å²) in [5.41, 5.74) is 1.62. The number of hydrogen-bond acceptors (Lipinski definition) is 3. The van der Waals surface area contributed by atoms with Crippen LogP contribution >= 0.6 is 0 Å². The summed E-state index contributed by atoms with van der Waals surface area (Å²) >= 11 is 0. The highest BCUT2D eigenvalue weighted by Crippen LogP contribution is 2.14. The molecule has 0 saturated carbocycles. The van der Waals surface area contributed by atoms with Gasteiger partial charge in [0.15, 0.2) is 0 Å². The maximum absolute atomic E-state index is 12.2. The number of fused-ring (bicyclic) bond motifs is 1. The molecule has 0 bridgehead atoms. The van der Waals surface area contributed by atoms with Gasteiger partial charge in [-0.1, -0.05) is 6.07 Å². The van der Waals surface area contributed by atoms with Gasteiger partial charge in [0.2, 0.25) is 0 Å². The number of likely N-dealkylation sites (N-methyl/N-ethyl adjacent to an activating group) is 1. The summed E-state index contributed by atoms with van der Waals surface area (Å²) in [5, 5.41) is 4.09. The molecule has 0 radical (unpaired) electrons. The van der Waals surface area contributed by atoms with Crippen LogP contribution in [0.2, 0.25) is 0 Å². The zero-order chi connectivity index (χ0) is 13.2. The van der Waals surface area contributed by atoms with Gasteiger partial charge < -0.3 is 10.2 Å². The van der Waals surface area contributed by atoms with Gasteiger partial charge in [0.1, 0.15) is 0 Å². The van der Waals surface area contributed by atoms with Gasteiger partial charge in [-0.25, -0.2) is 0 Å². The van der Waals surface area contributed by atoms with Crippen LogP contribution in [0.25, 0.3) is 10.9 Å². The number of amides is 1. The zero-order valence-electron chi connectivity index (χ0n) is 11.0. The third kappa shape index (κ3) is 2.58. The summed E-state index contributed by atoms with van der Waals surface area (Å²) in [5.74, 6) is 0.00560. The molecule has 1 atom stereocenters. The van der Waals surface area contributed by atoms with Crippen LogP contribution in [0.5, 0.6) is 0 Å². The molecule has 98 valence electrons. The number of aromatic nitrogens is 1. The molecule has 1 aromatic heterocycles. The lowest BCUT2D eigenvalue weighted by Crippen LogP contribution is -2.36. The molecule has 1 N–H and O–H groups in total. The highest BCUT2D eigenvalue weighted by Gasteiger charge is 2.21. The fraction of sp³-hybridized carbons (Fsp3) is 0.333. The molecular formula is C15H17N3O. The van der Waals surface area contributed by atoms with Crippen molar-refractivity contribution in [1.82, 2.24) is 15.2 Å². The highest BCUT2D eigenvalue weighted by molar-refractivity contribution is 5.98. The number of nitrogens with zero attached hydrogens (tertiary/aromatic N) is 2. The van der Waals surface area contributed by atoms with Crippen molar-refractivity contribution < 1.29 is 4.79 Å². The van der Waals surface area contributed by atoms with E-state index >= 15 is 0 Å². The van der Waals surface area contributed by atoms with Gasteiger partial charge in [0.05, 0.1) is 5.52 Å². The van der Waals surface area contributed by atoms with Gasteiger partial charge >= 0.3 is 0 Å². The van der Waals surface area contributed by atoms with Crippen LogP contribution in [0, 0.1) is 0 Å². The smallest absolute Gasteiger partial charge is 0.251 e. The summed E-state index contributed by atoms with van der Waals surface area (Å²) in [6.45, 7) is 1.98. The number of likely N-dealkylation sites (tertiary alicyclic amines) is 1. The lowest BCUT2D eigenvalue weighted by Gasteiger charge is -2.13. The minimum atomic E-state index is 0.00560. The molecule has 1 amide bonds. The van der Waals surface area contributed by atoms with E-state index in [0.29, 0.717) is 5.56 Å². The number of carbonyl (C=O) groups is 1. The van der Waals surface area contributed by atoms with Crippen LogP contribution in [0.1, 0.15) is 16.8 Å². The number of hydrogen-bond donors (Lipinski definition) is 1. The van der Waals surface area contributed by atoms with E-state index in [1.165, 1.54) is 0 Å². The number of benzene rings is 1. The number of pyridine rings is 1. The molecule has 3 rings (SSSR count). The second-order valence-electron chi connectivity index (χ2n) is 5.13. The van der Waals surface area contributed by atoms with E-state index < -0.39 is 0 Å². The summed E-state index contributed by atoms with van der Waals surface area (Å²) in [4.78, 5) is 18.7. The molecule has 1 saturated heterocycles. The molecule has 2 heterocycles. The van der Waals surface area contributed by atoms with Crippen LogP contribution < -0.4 is 5.32 Å². The molecule has 1 aliphatic rings. The van der Waals surface area contributed by atoms with E-state index in [0.717, 1.165) is 30.4 Å². The van der Waals surface area contributed by atoms with E-state index in [-0.39, 0.29) is 11.9 Å². The Kier molecular flexibility index (Phi) is 3.17. The summed E-state index contributed by atoms with van der Waals surface area (Å²) in [6.07, 6.45) is 2.79. The van der Waals surface area contributed by atoms with Gasteiger partial charge in [-0.05, 0) is 44.3 Å². The molecule has 1 aromatic carbocycles. The third-order valence-corrected chi connectivity index (χ3v) is 3.59. The van der Waals surface area contributed by atoms with Gasteiger partial charge in [0, 0.05) is 29.7 Å². The normalized spacial score (nSPS) is 19.7. The van der Waals surface area contributed by atoms with Gasteiger partial charge in [-0.3, -0.25) is 9.78 Å². The van der Waals surface area contributed by atoms with Crippen LogP contribution in [0.4, 0.5) is 0 Å². The second kappa shape index (κ2) is 4.97. The second-order valence-corrected chi connectivity index (χ2v) is 5.13. The van der Waals surface area contributed by atoms with E-state index in [9.17, 15) is 4.79 Å². The molecule has 4 nitrogen and oxygen atoms in total. The zero-order valence-corrected chi connectivity index (χ0v) is 11.0. The first kappa shape index (κ1) is 12.1. The summed E-state index contributed by atoms with van der Waals surface area (Å²) < 4.78 is 0. The molecule has 1 fully saturated rings. The average molecular weight is 255 g/mol. The first-order valence-corrected chi connectivity index (χ1v) is 6.56. The van der Waals surface area contributed by atoms with Crippen LogP contribution in [-0.4, -0.2) is 42.0 Å². The number of nitrogens with one attached hydrogen (secondary N) is 1. The maximum atomic E-state index is 12.2. The average Bonchev–Trinajstić information content (AvgIpc) is 2.83. The van der Waals surface area contributed by atoms with Crippen molar-refractivity contribution in [3.8, 4) is 0 Å². The van der Waals surface area contributed by atoms with Gasteiger partial charge in [-0.2, -0.15) is 0 Å². The van der Waals surface area contributed by atoms with Crippen molar-refractivity contribution in [2.75, 3.05) is 20.1 Å². The lowest BCUT2D eigenvalue weighted by atomic mass is 10.1. The molecular weight excluding hydrogens is 238 g/mol. The Balaban J connectivity index is 1.77. The standard InChI is InChI=1S/C15H17N3O/c1-18-8-6-13(10-18)17-15(19)12-4-5-14-11(9-12)3-2-7-16-14/h2-5,7,9,13H,6,8,10H2,1H3,(H,17,19). The predicted molar refractivity (Wildman–Crippen MR) is 75.1 cm³/mol. The Morgan fingerprint density at radius 2 is 2.32 bits per heavy atom. The van der Waals surface area contributed by atoms with E-state index in [1.54, 1.807) is 6.20 Å². The Bertz CT molecular complexity index is 611. The van der Waals surface area contributed by atoms with Crippen molar-refractivity contribution in [2.45, 2.75) is 12.5 Å². The SMILES string of the molecule is CN1CCC(NC(=O)c2ccc3ncccc3c2)C1. The summed E-state index contributed by atoms with van der Waals surface area (Å²) in [6, 6.07) is 9.76. The van der Waals surface area contributed by atoms with Gasteiger partial charge in [-0.15, -0.1) is 0 Å². The summed E-state index contributed by atoms with van der Waals surface area (Å²) in [7, 11) is 2.08. The van der Waals surface area contributed by atoms with Crippen molar-refractivity contribution in [3.05, 3.63) is 42.1 Å². The topological polar surface area (TPSA) is 45.2 Å². The lowest BCUT2D eigenvalue weighted by molar-refractivity contribution is 0.0938. The Hall–Kier alpha value is -1.94. The molecule has 0 aliphatic carbocycles. The molecule has 0 spiro atoms. The molecule has 1 aliphatic heterocycles. The van der Waals surface area contributed by atoms with Crippen molar-refractivity contribution in [1.29, 1.82) is 0 Å². The van der Waals surface area contributed by atoms with E-state index in [1.807, 2.05) is 30.3 Å². The Labute approximate surface area is 112 Å². The molecule has 4 heteroatoms. The van der Waals surface area contributed by atoms with Crippen LogP contribution in [0.15, 0.2) is 36.5 Å². The highest BCUT2D eigenvalue weighted by atomic mass is 16.1. The predicted octanol–water partition coefficient (Wildman–Crippen LogP) is 1.67. The molecule has 19 heavy (non-hydrogen) atoms. The Morgan fingerprint density at radius 3 is 3.11 bits per heavy atom. The fourth-order valence-electron chi connectivity index (χ4n) is 2.54. The third-order valence-electron chi connectivity index (χ3n) is 3.59. The maximum Gasteiger partial charge on any atom is 0.251 e. The largest absolute Gasteiger partial charge is 0.348 e. The minimum absolute atomic E-state index is 0.00560. The van der Waals surface area contributed by atoms with Crippen LogP contribution in [0.3, 0.4) is 0 Å². The number of carbonyl (C=O) groups excluding carboxylic acids is 1. The van der Waals surface area contributed by atoms with Crippen molar-refractivity contribution in [2.24, 2.45) is 0 Å². The first-order chi connectivity index (χ1) is 9.22. The number of rotatable bonds is 2. The Morgan fingerprint density at radius 1 is 1.42 bits per heavy atom. The fourth-order valence-corrected chi connectivity index (χ4v) is 2.54.